The van der Waals surface area contributed by atoms with E-state index in [1.165, 1.54) is 6.08 Å². The third-order valence-electron chi connectivity index (χ3n) is 2.19. The summed E-state index contributed by atoms with van der Waals surface area (Å²) in [5, 5.41) is 12.6. The number of amides is 1. The molecule has 5 nitrogen and oxygen atoms in total. The molecule has 1 aromatic heterocycles. The van der Waals surface area contributed by atoms with Crippen molar-refractivity contribution in [1.29, 1.82) is 0 Å². The summed E-state index contributed by atoms with van der Waals surface area (Å²) >= 11 is 0. The van der Waals surface area contributed by atoms with Gasteiger partial charge in [0.15, 0.2) is 5.82 Å². The third-order valence-corrected chi connectivity index (χ3v) is 2.19. The van der Waals surface area contributed by atoms with Gasteiger partial charge in [-0.2, -0.15) is 0 Å². The Kier molecular flexibility index (Phi) is 3.30. The van der Waals surface area contributed by atoms with Gasteiger partial charge in [0.05, 0.1) is 5.69 Å². The number of nitrogens with one attached hydrogen (secondary N) is 2. The maximum Gasteiger partial charge on any atom is 0.249 e. The smallest absolute Gasteiger partial charge is 0.249 e. The minimum atomic E-state index is -0.231. The molecule has 2 N–H and O–H groups in total. The van der Waals surface area contributed by atoms with Crippen molar-refractivity contribution in [2.75, 3.05) is 5.32 Å². The van der Waals surface area contributed by atoms with Gasteiger partial charge in [0.1, 0.15) is 0 Å². The number of benzene rings is 1. The lowest BCUT2D eigenvalue weighted by Crippen LogP contribution is -2.09. The molecule has 17 heavy (non-hydrogen) atoms. The van der Waals surface area contributed by atoms with E-state index >= 15 is 0 Å². The summed E-state index contributed by atoms with van der Waals surface area (Å²) in [5.41, 5.74) is 1.70. The fourth-order valence-electron chi connectivity index (χ4n) is 1.29. The highest BCUT2D eigenvalue weighted by Crippen LogP contribution is 2.06. The van der Waals surface area contributed by atoms with Crippen molar-refractivity contribution >= 4 is 17.8 Å². The summed E-state index contributed by atoms with van der Waals surface area (Å²) in [6, 6.07) is 9.60. The highest BCUT2D eigenvalue weighted by Gasteiger charge is 2.04. The van der Waals surface area contributed by atoms with Gasteiger partial charge in [0, 0.05) is 6.08 Å². The van der Waals surface area contributed by atoms with Gasteiger partial charge >= 0.3 is 0 Å². The number of rotatable bonds is 3. The van der Waals surface area contributed by atoms with Gasteiger partial charge in [0.25, 0.3) is 0 Å². The van der Waals surface area contributed by atoms with E-state index in [1.54, 1.807) is 13.0 Å². The van der Waals surface area contributed by atoms with Gasteiger partial charge in [-0.15, -0.1) is 5.10 Å². The van der Waals surface area contributed by atoms with Gasteiger partial charge in [-0.3, -0.25) is 9.89 Å². The fraction of sp³-hybridized carbons (Fsp3) is 0.0833. The lowest BCUT2D eigenvalue weighted by Gasteiger charge is -1.97. The van der Waals surface area contributed by atoms with E-state index in [-0.39, 0.29) is 5.91 Å². The number of nitrogens with zero attached hydrogens (tertiary/aromatic N) is 2. The molecule has 0 aliphatic rings. The molecule has 0 saturated carbocycles. The first kappa shape index (κ1) is 11.1. The maximum absolute atomic E-state index is 11.6. The van der Waals surface area contributed by atoms with Crippen molar-refractivity contribution in [1.82, 2.24) is 15.4 Å². The van der Waals surface area contributed by atoms with Gasteiger partial charge in [0.2, 0.25) is 5.91 Å². The molecule has 0 spiro atoms. The van der Waals surface area contributed by atoms with Crippen molar-refractivity contribution in [3.05, 3.63) is 47.7 Å². The molecule has 0 aliphatic heterocycles. The number of aromatic amines is 1. The molecule has 0 saturated heterocycles. The van der Waals surface area contributed by atoms with Crippen LogP contribution < -0.4 is 5.32 Å². The van der Waals surface area contributed by atoms with Crippen LogP contribution in [-0.4, -0.2) is 21.3 Å². The molecule has 0 radical (unpaired) electrons. The Morgan fingerprint density at radius 3 is 2.76 bits per heavy atom. The topological polar surface area (TPSA) is 70.7 Å². The van der Waals surface area contributed by atoms with Crippen LogP contribution >= 0.6 is 0 Å². The van der Waals surface area contributed by atoms with Crippen molar-refractivity contribution in [2.24, 2.45) is 0 Å². The Labute approximate surface area is 98.6 Å². The van der Waals surface area contributed by atoms with E-state index in [2.05, 4.69) is 20.7 Å². The zero-order valence-corrected chi connectivity index (χ0v) is 9.34. The molecule has 2 rings (SSSR count). The molecular formula is C12H12N4O. The summed E-state index contributed by atoms with van der Waals surface area (Å²) in [7, 11) is 0. The van der Waals surface area contributed by atoms with Gasteiger partial charge < -0.3 is 5.32 Å². The maximum atomic E-state index is 11.6. The number of hydrogen-bond acceptors (Lipinski definition) is 3. The van der Waals surface area contributed by atoms with Crippen LogP contribution in [0.5, 0.6) is 0 Å². The highest BCUT2D eigenvalue weighted by molar-refractivity contribution is 6.01. The second-order valence-electron chi connectivity index (χ2n) is 3.52. The van der Waals surface area contributed by atoms with E-state index in [0.717, 1.165) is 11.3 Å². The van der Waals surface area contributed by atoms with E-state index < -0.39 is 0 Å². The van der Waals surface area contributed by atoms with Gasteiger partial charge in [-0.1, -0.05) is 35.5 Å². The second kappa shape index (κ2) is 5.07. The number of aromatic nitrogens is 3. The first-order valence-corrected chi connectivity index (χ1v) is 5.17. The van der Waals surface area contributed by atoms with Crippen LogP contribution in [0.25, 0.3) is 6.08 Å². The van der Waals surface area contributed by atoms with E-state index in [9.17, 15) is 4.79 Å². The molecule has 0 unspecified atom stereocenters. The van der Waals surface area contributed by atoms with Crippen LogP contribution in [0.4, 0.5) is 5.82 Å². The lowest BCUT2D eigenvalue weighted by atomic mass is 10.2. The number of H-pyrrole nitrogens is 1. The van der Waals surface area contributed by atoms with E-state index in [0.29, 0.717) is 5.82 Å². The van der Waals surface area contributed by atoms with Crippen LogP contribution in [0, 0.1) is 6.92 Å². The van der Waals surface area contributed by atoms with Crippen molar-refractivity contribution < 1.29 is 4.79 Å². The SMILES string of the molecule is Cc1[nH]nnc1NC(=O)/C=C/c1ccccc1. The third kappa shape index (κ3) is 3.01. The van der Waals surface area contributed by atoms with Crippen molar-refractivity contribution in [3.63, 3.8) is 0 Å². The molecule has 1 aromatic carbocycles. The minimum absolute atomic E-state index is 0.231. The number of carbonyl (C=O) groups excluding carboxylic acids is 1. The Hall–Kier alpha value is -2.43. The van der Waals surface area contributed by atoms with Crippen molar-refractivity contribution in [3.8, 4) is 0 Å². The van der Waals surface area contributed by atoms with Crippen LogP contribution in [0.1, 0.15) is 11.3 Å². The standard InChI is InChI=1S/C12H12N4O/c1-9-12(15-16-14-9)13-11(17)8-7-10-5-3-2-4-6-10/h2-8H,1H3,(H2,13,14,15,16,17)/b8-7+. The number of hydrogen-bond donors (Lipinski definition) is 2. The van der Waals surface area contributed by atoms with Gasteiger partial charge in [-0.05, 0) is 18.6 Å². The normalized spacial score (nSPS) is 10.6. The lowest BCUT2D eigenvalue weighted by molar-refractivity contribution is -0.111. The Balaban J connectivity index is 1.99. The molecule has 0 bridgehead atoms. The second-order valence-corrected chi connectivity index (χ2v) is 3.52. The quantitative estimate of drug-likeness (QED) is 0.786. The average Bonchev–Trinajstić information content (AvgIpc) is 2.74. The molecule has 1 heterocycles. The van der Waals surface area contributed by atoms with Crippen LogP contribution in [0.3, 0.4) is 0 Å². The minimum Gasteiger partial charge on any atom is -0.304 e. The monoisotopic (exact) mass is 228 g/mol. The average molecular weight is 228 g/mol. The summed E-state index contributed by atoms with van der Waals surface area (Å²) < 4.78 is 0. The predicted octanol–water partition coefficient (Wildman–Crippen LogP) is 1.77. The number of aryl methyl sites for hydroxylation is 1. The zero-order chi connectivity index (χ0) is 12.1. The Morgan fingerprint density at radius 2 is 2.12 bits per heavy atom. The zero-order valence-electron chi connectivity index (χ0n) is 9.34. The first-order valence-electron chi connectivity index (χ1n) is 5.17. The summed E-state index contributed by atoms with van der Waals surface area (Å²) in [5.74, 6) is 0.221. The molecule has 2 aromatic rings. The molecule has 0 fully saturated rings. The fourth-order valence-corrected chi connectivity index (χ4v) is 1.29. The van der Waals surface area contributed by atoms with Crippen LogP contribution in [0.15, 0.2) is 36.4 Å². The van der Waals surface area contributed by atoms with Crippen molar-refractivity contribution in [2.45, 2.75) is 6.92 Å². The van der Waals surface area contributed by atoms with E-state index in [4.69, 9.17) is 0 Å². The predicted molar refractivity (Wildman–Crippen MR) is 65.2 cm³/mol. The summed E-state index contributed by atoms with van der Waals surface area (Å²) in [6.45, 7) is 1.79. The van der Waals surface area contributed by atoms with Gasteiger partial charge in [-0.25, -0.2) is 0 Å². The van der Waals surface area contributed by atoms with Crippen LogP contribution in [0.2, 0.25) is 0 Å². The molecule has 5 heteroatoms. The number of carbonyl (C=O) groups is 1. The molecule has 0 aliphatic carbocycles. The first-order chi connectivity index (χ1) is 8.25. The number of anilines is 1. The summed E-state index contributed by atoms with van der Waals surface area (Å²) in [4.78, 5) is 11.6. The summed E-state index contributed by atoms with van der Waals surface area (Å²) in [6.07, 6.45) is 3.20. The Morgan fingerprint density at radius 1 is 1.35 bits per heavy atom. The molecule has 86 valence electrons. The molecule has 0 atom stereocenters. The Bertz CT molecular complexity index is 530. The van der Waals surface area contributed by atoms with E-state index in [1.807, 2.05) is 30.3 Å². The van der Waals surface area contributed by atoms with Crippen LogP contribution in [-0.2, 0) is 4.79 Å². The highest BCUT2D eigenvalue weighted by atomic mass is 16.1. The molecular weight excluding hydrogens is 216 g/mol. The largest absolute Gasteiger partial charge is 0.304 e. The molecule has 1 amide bonds.